The summed E-state index contributed by atoms with van der Waals surface area (Å²) in [5, 5.41) is 12.2. The van der Waals surface area contributed by atoms with Crippen molar-refractivity contribution in [1.29, 1.82) is 0 Å². The van der Waals surface area contributed by atoms with Crippen molar-refractivity contribution < 1.29 is 4.79 Å². The van der Waals surface area contributed by atoms with Gasteiger partial charge in [0, 0.05) is 38.0 Å². The first-order valence-electron chi connectivity index (χ1n) is 8.15. The van der Waals surface area contributed by atoms with Gasteiger partial charge in [0.1, 0.15) is 0 Å². The van der Waals surface area contributed by atoms with Crippen molar-refractivity contribution in [3.05, 3.63) is 30.0 Å². The number of fused-ring (bicyclic) bond motifs is 1. The van der Waals surface area contributed by atoms with Crippen LogP contribution in [0, 0.1) is 0 Å². The molecule has 5 nitrogen and oxygen atoms in total. The number of rotatable bonds is 6. The van der Waals surface area contributed by atoms with Crippen LogP contribution in [0.25, 0.3) is 10.9 Å². The minimum atomic E-state index is 0.158. The highest BCUT2D eigenvalue weighted by molar-refractivity contribution is 5.81. The number of aryl methyl sites for hydroxylation is 1. The number of nitrogens with zero attached hydrogens (tertiary/aromatic N) is 2. The molecular weight excluding hydrogens is 276 g/mol. The minimum absolute atomic E-state index is 0.158. The van der Waals surface area contributed by atoms with Crippen molar-refractivity contribution in [3.63, 3.8) is 0 Å². The van der Waals surface area contributed by atoms with Crippen molar-refractivity contribution in [2.75, 3.05) is 6.54 Å². The van der Waals surface area contributed by atoms with Crippen LogP contribution < -0.4 is 10.6 Å². The largest absolute Gasteiger partial charge is 0.353 e. The Bertz CT molecular complexity index is 643. The van der Waals surface area contributed by atoms with Crippen molar-refractivity contribution in [3.8, 4) is 0 Å². The number of carbonyl (C=O) groups is 1. The van der Waals surface area contributed by atoms with Gasteiger partial charge in [0.05, 0.1) is 11.2 Å². The standard InChI is InChI=1S/C17H24N4O/c1-21-16-9-5-4-8-14(16)15(20-21)12-18-11-10-17(22)19-13-6-2-3-7-13/h4-5,8-9,13,18H,2-3,6-7,10-12H2,1H3,(H,19,22). The molecule has 1 heterocycles. The number of carbonyl (C=O) groups excluding carboxylic acids is 1. The van der Waals surface area contributed by atoms with Crippen LogP contribution in [0.4, 0.5) is 0 Å². The van der Waals surface area contributed by atoms with Gasteiger partial charge in [-0.15, -0.1) is 0 Å². The van der Waals surface area contributed by atoms with E-state index in [1.165, 1.54) is 18.2 Å². The Hall–Kier alpha value is -1.88. The summed E-state index contributed by atoms with van der Waals surface area (Å²) in [7, 11) is 1.96. The first kappa shape index (κ1) is 15.0. The van der Waals surface area contributed by atoms with Crippen LogP contribution in [0.5, 0.6) is 0 Å². The van der Waals surface area contributed by atoms with Crippen molar-refractivity contribution in [2.45, 2.75) is 44.7 Å². The summed E-state index contributed by atoms with van der Waals surface area (Å²) in [4.78, 5) is 11.9. The predicted octanol–water partition coefficient (Wildman–Crippen LogP) is 2.11. The fourth-order valence-corrected chi connectivity index (χ4v) is 3.20. The van der Waals surface area contributed by atoms with Gasteiger partial charge < -0.3 is 10.6 Å². The van der Waals surface area contributed by atoms with Gasteiger partial charge >= 0.3 is 0 Å². The molecule has 3 rings (SSSR count). The van der Waals surface area contributed by atoms with Crippen molar-refractivity contribution in [1.82, 2.24) is 20.4 Å². The summed E-state index contributed by atoms with van der Waals surface area (Å²) in [5.74, 6) is 0.158. The maximum atomic E-state index is 11.9. The molecule has 1 aliphatic rings. The normalized spacial score (nSPS) is 15.5. The second-order valence-corrected chi connectivity index (χ2v) is 6.06. The number of amides is 1. The smallest absolute Gasteiger partial charge is 0.221 e. The Kier molecular flexibility index (Phi) is 4.73. The van der Waals surface area contributed by atoms with Gasteiger partial charge in [-0.3, -0.25) is 9.48 Å². The summed E-state index contributed by atoms with van der Waals surface area (Å²) >= 11 is 0. The van der Waals surface area contributed by atoms with Gasteiger partial charge in [0.15, 0.2) is 0 Å². The number of hydrogen-bond acceptors (Lipinski definition) is 3. The molecule has 22 heavy (non-hydrogen) atoms. The van der Waals surface area contributed by atoms with Crippen LogP contribution in [-0.2, 0) is 18.4 Å². The summed E-state index contributed by atoms with van der Waals surface area (Å²) in [6, 6.07) is 8.62. The van der Waals surface area contributed by atoms with Gasteiger partial charge in [0.2, 0.25) is 5.91 Å². The highest BCUT2D eigenvalue weighted by atomic mass is 16.1. The van der Waals surface area contributed by atoms with Crippen molar-refractivity contribution >= 4 is 16.8 Å². The third kappa shape index (κ3) is 3.47. The van der Waals surface area contributed by atoms with Gasteiger partial charge in [-0.25, -0.2) is 0 Å². The Labute approximate surface area is 131 Å². The minimum Gasteiger partial charge on any atom is -0.353 e. The number of para-hydroxylation sites is 1. The molecule has 0 spiro atoms. The molecule has 0 unspecified atom stereocenters. The van der Waals surface area contributed by atoms with Gasteiger partial charge in [-0.1, -0.05) is 31.0 Å². The molecule has 1 aromatic heterocycles. The van der Waals surface area contributed by atoms with E-state index in [0.717, 1.165) is 24.1 Å². The zero-order valence-corrected chi connectivity index (χ0v) is 13.1. The first-order chi connectivity index (χ1) is 10.7. The topological polar surface area (TPSA) is 59.0 Å². The second kappa shape index (κ2) is 6.92. The third-order valence-corrected chi connectivity index (χ3v) is 4.38. The molecule has 1 aliphatic carbocycles. The lowest BCUT2D eigenvalue weighted by molar-refractivity contribution is -0.121. The number of nitrogens with one attached hydrogen (secondary N) is 2. The molecule has 1 fully saturated rings. The van der Waals surface area contributed by atoms with Crippen LogP contribution in [-0.4, -0.2) is 28.3 Å². The van der Waals surface area contributed by atoms with E-state index in [1.54, 1.807) is 0 Å². The lowest BCUT2D eigenvalue weighted by Gasteiger charge is -2.11. The fraction of sp³-hybridized carbons (Fsp3) is 0.529. The van der Waals surface area contributed by atoms with Crippen LogP contribution in [0.15, 0.2) is 24.3 Å². The molecule has 1 saturated carbocycles. The highest BCUT2D eigenvalue weighted by Gasteiger charge is 2.16. The van der Waals surface area contributed by atoms with E-state index in [1.807, 2.05) is 23.9 Å². The molecule has 0 bridgehead atoms. The highest BCUT2D eigenvalue weighted by Crippen LogP contribution is 2.18. The van der Waals surface area contributed by atoms with Crippen LogP contribution >= 0.6 is 0 Å². The fourth-order valence-electron chi connectivity index (χ4n) is 3.20. The van der Waals surface area contributed by atoms with Gasteiger partial charge in [0.25, 0.3) is 0 Å². The Balaban J connectivity index is 1.45. The van der Waals surface area contributed by atoms with Crippen LogP contribution in [0.3, 0.4) is 0 Å². The average Bonchev–Trinajstić information content (AvgIpc) is 3.13. The first-order valence-corrected chi connectivity index (χ1v) is 8.15. The number of hydrogen-bond donors (Lipinski definition) is 2. The molecule has 2 aromatic rings. The molecule has 1 aromatic carbocycles. The SMILES string of the molecule is Cn1nc(CNCCC(=O)NC2CCCC2)c2ccccc21. The predicted molar refractivity (Wildman–Crippen MR) is 87.4 cm³/mol. The molecule has 1 amide bonds. The average molecular weight is 300 g/mol. The van der Waals surface area contributed by atoms with Crippen molar-refractivity contribution in [2.24, 2.45) is 7.05 Å². The zero-order valence-electron chi connectivity index (χ0n) is 13.1. The molecule has 0 atom stereocenters. The van der Waals surface area contributed by atoms with Gasteiger partial charge in [-0.05, 0) is 18.9 Å². The Morgan fingerprint density at radius 2 is 2.09 bits per heavy atom. The van der Waals surface area contributed by atoms with E-state index in [0.29, 0.717) is 25.6 Å². The number of benzene rings is 1. The molecule has 5 heteroatoms. The molecule has 0 aliphatic heterocycles. The lowest BCUT2D eigenvalue weighted by Crippen LogP contribution is -2.34. The molecule has 118 valence electrons. The zero-order chi connectivity index (χ0) is 15.4. The van der Waals surface area contributed by atoms with E-state index in [2.05, 4.69) is 27.9 Å². The van der Waals surface area contributed by atoms with E-state index >= 15 is 0 Å². The lowest BCUT2D eigenvalue weighted by atomic mass is 10.2. The monoisotopic (exact) mass is 300 g/mol. The molecule has 0 radical (unpaired) electrons. The van der Waals surface area contributed by atoms with Gasteiger partial charge in [-0.2, -0.15) is 5.10 Å². The summed E-state index contributed by atoms with van der Waals surface area (Å²) in [5.41, 5.74) is 2.17. The van der Waals surface area contributed by atoms with Crippen LogP contribution in [0.2, 0.25) is 0 Å². The second-order valence-electron chi connectivity index (χ2n) is 6.06. The third-order valence-electron chi connectivity index (χ3n) is 4.38. The van der Waals surface area contributed by atoms with E-state index < -0.39 is 0 Å². The number of aromatic nitrogens is 2. The van der Waals surface area contributed by atoms with E-state index in [4.69, 9.17) is 0 Å². The summed E-state index contributed by atoms with van der Waals surface area (Å²) < 4.78 is 1.90. The Morgan fingerprint density at radius 1 is 1.32 bits per heavy atom. The summed E-state index contributed by atoms with van der Waals surface area (Å²) in [6.07, 6.45) is 5.30. The molecule has 0 saturated heterocycles. The molecule has 2 N–H and O–H groups in total. The van der Waals surface area contributed by atoms with E-state index in [-0.39, 0.29) is 5.91 Å². The quantitative estimate of drug-likeness (QED) is 0.803. The maximum absolute atomic E-state index is 11.9. The summed E-state index contributed by atoms with van der Waals surface area (Å²) in [6.45, 7) is 1.38. The molecular formula is C17H24N4O. The van der Waals surface area contributed by atoms with E-state index in [9.17, 15) is 4.79 Å². The van der Waals surface area contributed by atoms with Crippen LogP contribution in [0.1, 0.15) is 37.8 Å². The Morgan fingerprint density at radius 3 is 2.91 bits per heavy atom. The maximum Gasteiger partial charge on any atom is 0.221 e.